The number of carbonyl (C=O) groups excluding carboxylic acids is 10. The van der Waals surface area contributed by atoms with Gasteiger partial charge in [-0.2, -0.15) is 11.8 Å². The molecule has 0 spiro atoms. The second-order valence-electron chi connectivity index (χ2n) is 19.7. The molecule has 1 fully saturated rings. The van der Waals surface area contributed by atoms with E-state index in [-0.39, 0.29) is 67.3 Å². The van der Waals surface area contributed by atoms with E-state index in [1.54, 1.807) is 70.2 Å². The molecule has 3 rings (SSSR count). The van der Waals surface area contributed by atoms with Crippen molar-refractivity contribution in [3.05, 3.63) is 69.8 Å². The molecule has 0 aliphatic carbocycles. The lowest BCUT2D eigenvalue weighted by molar-refractivity contribution is -0.385. The number of likely N-dealkylation sites (tertiary alicyclic amines) is 1. The van der Waals surface area contributed by atoms with Crippen LogP contribution < -0.4 is 53.8 Å². The van der Waals surface area contributed by atoms with Gasteiger partial charge in [-0.15, -0.1) is 0 Å². The zero-order valence-corrected chi connectivity index (χ0v) is 47.3. The summed E-state index contributed by atoms with van der Waals surface area (Å²) < 4.78 is 3.08. The van der Waals surface area contributed by atoms with Crippen LogP contribution in [-0.4, -0.2) is 147 Å². The van der Waals surface area contributed by atoms with Crippen LogP contribution in [0.2, 0.25) is 0 Å². The molecule has 0 unspecified atom stereocenters. The number of amides is 10. The Morgan fingerprint density at radius 3 is 1.99 bits per heavy atom. The Hall–Kier alpha value is -7.33. The highest BCUT2D eigenvalue weighted by Gasteiger charge is 2.41. The number of benzene rings is 2. The molecule has 8 atom stereocenters. The van der Waals surface area contributed by atoms with Crippen LogP contribution in [0.4, 0.5) is 5.69 Å². The number of hydrogen-bond donors (Lipinski definition) is 11. The van der Waals surface area contributed by atoms with E-state index in [4.69, 9.17) is 17.2 Å². The Kier molecular flexibility index (Phi) is 28.4. The van der Waals surface area contributed by atoms with Gasteiger partial charge in [0.1, 0.15) is 42.3 Å². The number of nitro benzene ring substituents is 1. The lowest BCUT2D eigenvalue weighted by Gasteiger charge is -2.31. The van der Waals surface area contributed by atoms with Crippen molar-refractivity contribution in [3.63, 3.8) is 0 Å². The molecule has 10 amide bonds. The van der Waals surface area contributed by atoms with E-state index in [2.05, 4.69) is 36.6 Å². The number of nitrogens with zero attached hydrogens (tertiary/aromatic N) is 2. The van der Waals surface area contributed by atoms with Gasteiger partial charge in [-0.25, -0.2) is 4.72 Å². The quantitative estimate of drug-likeness (QED) is 0.0188. The highest BCUT2D eigenvalue weighted by atomic mass is 32.2. The first-order chi connectivity index (χ1) is 37.8. The molecule has 0 saturated carbocycles. The molecule has 0 bridgehead atoms. The zero-order valence-electron chi connectivity index (χ0n) is 45.6. The average Bonchev–Trinajstić information content (AvgIpc) is 3.91. The molecule has 0 aromatic heterocycles. The first-order valence-electron chi connectivity index (χ1n) is 26.3. The standard InChI is InChI=1S/C52H76N12O14S2/c1-6-30(5)45(61-49(73)38(62-80-33-12-9-8-10-13-33)26-32-16-15-31(7-2)25-40(32)64(77)78)51(75)57-34(17-18-41(53)65)47(71)59-37(27-42(54)66)48(72)58-35(19-22-79-23-20-44(68)69)52(76)63-21-11-14-39(63)50(74)60-36(24-29(3)4)46(70)56-28-43(55)67/h8-10,12-13,15-16,25,29-30,34-39,45,62H,6-7,11,14,17-24,26-28H2,1-5H3,(H2,53,65)(H2,54,66)(H2,55,67)(H,56,70)(H,57,75)(H,58,72)(H,59,71)(H,60,74)(H,61,73)(H,68,69)/t30-,34-,35-,36-,37-,38+,39-,45-/m0/s1. The largest absolute Gasteiger partial charge is 0.481 e. The number of primary amides is 3. The molecule has 2 aromatic carbocycles. The molecule has 1 saturated heterocycles. The molecule has 80 heavy (non-hydrogen) atoms. The molecule has 1 heterocycles. The predicted octanol–water partition coefficient (Wildman–Crippen LogP) is 0.213. The van der Waals surface area contributed by atoms with Gasteiger partial charge in [-0.3, -0.25) is 62.9 Å². The summed E-state index contributed by atoms with van der Waals surface area (Å²) in [5.41, 5.74) is 17.0. The highest BCUT2D eigenvalue weighted by molar-refractivity contribution is 7.99. The summed E-state index contributed by atoms with van der Waals surface area (Å²) in [4.78, 5) is 159. The summed E-state index contributed by atoms with van der Waals surface area (Å²) in [6.45, 7) is 8.41. The van der Waals surface area contributed by atoms with E-state index < -0.39 is 144 Å². The van der Waals surface area contributed by atoms with Crippen LogP contribution in [0.5, 0.6) is 0 Å². The molecule has 14 N–H and O–H groups in total. The van der Waals surface area contributed by atoms with E-state index in [0.717, 1.165) is 23.7 Å². The van der Waals surface area contributed by atoms with Crippen molar-refractivity contribution >= 4 is 94.4 Å². The van der Waals surface area contributed by atoms with E-state index in [1.165, 1.54) is 11.0 Å². The van der Waals surface area contributed by atoms with Gasteiger partial charge in [-0.05, 0) is 85.8 Å². The van der Waals surface area contributed by atoms with Gasteiger partial charge in [-0.1, -0.05) is 71.4 Å². The van der Waals surface area contributed by atoms with Crippen molar-refractivity contribution in [2.45, 2.75) is 152 Å². The second-order valence-corrected chi connectivity index (χ2v) is 21.8. The Morgan fingerprint density at radius 1 is 0.738 bits per heavy atom. The molecule has 26 nitrogen and oxygen atoms in total. The number of aryl methyl sites for hydroxylation is 1. The van der Waals surface area contributed by atoms with Crippen LogP contribution in [-0.2, 0) is 65.6 Å². The second kappa shape index (κ2) is 34.0. The number of nitro groups is 1. The van der Waals surface area contributed by atoms with Gasteiger partial charge in [0.25, 0.3) is 5.69 Å². The SMILES string of the molecule is CCc1ccc(C[C@@H](NSc2ccccc2)C(=O)N[C@H](C(=O)N[C@@H](CCC(N)=O)C(=O)N[C@@H](CC(N)=O)C(=O)N[C@@H](CCSCCC(=O)O)C(=O)N2CCC[C@H]2C(=O)N[C@@H](CC(C)C)C(=O)NCC(N)=O)[C@@H](C)CC)c([N+](=O)[O-])c1. The van der Waals surface area contributed by atoms with Gasteiger partial charge >= 0.3 is 5.97 Å². The Labute approximate surface area is 472 Å². The van der Waals surface area contributed by atoms with Gasteiger partial charge in [0, 0.05) is 41.7 Å². The molecule has 1 aliphatic rings. The maximum atomic E-state index is 14.5. The van der Waals surface area contributed by atoms with E-state index in [0.29, 0.717) is 29.7 Å². The van der Waals surface area contributed by atoms with Crippen molar-refractivity contribution in [1.82, 2.24) is 41.5 Å². The minimum atomic E-state index is -1.81. The maximum Gasteiger partial charge on any atom is 0.304 e. The smallest absolute Gasteiger partial charge is 0.304 e. The first-order valence-corrected chi connectivity index (χ1v) is 28.3. The Morgan fingerprint density at radius 2 is 1.39 bits per heavy atom. The van der Waals surface area contributed by atoms with Crippen molar-refractivity contribution in [1.29, 1.82) is 0 Å². The van der Waals surface area contributed by atoms with Crippen LogP contribution in [0.1, 0.15) is 104 Å². The maximum absolute atomic E-state index is 14.5. The van der Waals surface area contributed by atoms with E-state index >= 15 is 0 Å². The summed E-state index contributed by atoms with van der Waals surface area (Å²) in [6, 6.07) is 3.95. The van der Waals surface area contributed by atoms with Crippen molar-refractivity contribution in [2.24, 2.45) is 29.0 Å². The van der Waals surface area contributed by atoms with Crippen LogP contribution in [0.25, 0.3) is 0 Å². The third-order valence-electron chi connectivity index (χ3n) is 12.9. The first kappa shape index (κ1) is 66.9. The number of hydrogen-bond acceptors (Lipinski definition) is 16. The normalized spacial score (nSPS) is 15.6. The van der Waals surface area contributed by atoms with Crippen LogP contribution in [0.3, 0.4) is 0 Å². The van der Waals surface area contributed by atoms with Crippen LogP contribution in [0, 0.1) is 22.0 Å². The fourth-order valence-corrected chi connectivity index (χ4v) is 10.1. The minimum Gasteiger partial charge on any atom is -0.481 e. The number of nitrogens with two attached hydrogens (primary N) is 3. The van der Waals surface area contributed by atoms with Gasteiger partial charge < -0.3 is 59.1 Å². The van der Waals surface area contributed by atoms with Crippen LogP contribution >= 0.6 is 23.7 Å². The summed E-state index contributed by atoms with van der Waals surface area (Å²) in [7, 11) is 0. The number of carbonyl (C=O) groups is 11. The third-order valence-corrected chi connectivity index (χ3v) is 14.9. The van der Waals surface area contributed by atoms with Crippen molar-refractivity contribution in [2.75, 3.05) is 24.6 Å². The van der Waals surface area contributed by atoms with Crippen LogP contribution in [0.15, 0.2) is 53.4 Å². The number of carboxylic acids is 1. The Bertz CT molecular complexity index is 2520. The number of carboxylic acid groups (broad SMARTS) is 1. The number of rotatable bonds is 36. The van der Waals surface area contributed by atoms with E-state index in [1.807, 2.05) is 6.92 Å². The molecule has 2 aromatic rings. The summed E-state index contributed by atoms with van der Waals surface area (Å²) >= 11 is 2.24. The summed E-state index contributed by atoms with van der Waals surface area (Å²) in [6.07, 6.45) is -0.791. The lowest BCUT2D eigenvalue weighted by atomic mass is 9.96. The fraction of sp³-hybridized carbons (Fsp3) is 0.558. The van der Waals surface area contributed by atoms with E-state index in [9.17, 15) is 68.0 Å². The monoisotopic (exact) mass is 1160 g/mol. The Balaban J connectivity index is 1.94. The number of aliphatic carboxylic acids is 1. The zero-order chi connectivity index (χ0) is 59.6. The average molecular weight is 1160 g/mol. The van der Waals surface area contributed by atoms with Crippen molar-refractivity contribution < 1.29 is 62.8 Å². The molecule has 440 valence electrons. The third kappa shape index (κ3) is 22.8. The predicted molar refractivity (Wildman–Crippen MR) is 297 cm³/mol. The molecular weight excluding hydrogens is 1080 g/mol. The topological polar surface area (TPSA) is 417 Å². The summed E-state index contributed by atoms with van der Waals surface area (Å²) in [5.74, 6) is -10.3. The molecular formula is C52H76N12O14S2. The number of nitrogens with one attached hydrogen (secondary N) is 7. The van der Waals surface area contributed by atoms with Gasteiger partial charge in [0.05, 0.1) is 24.3 Å². The molecule has 0 radical (unpaired) electrons. The van der Waals surface area contributed by atoms with Crippen molar-refractivity contribution in [3.8, 4) is 0 Å². The minimum absolute atomic E-state index is 0.0398. The number of thioether (sulfide) groups is 1. The van der Waals surface area contributed by atoms with Gasteiger partial charge in [0.15, 0.2) is 0 Å². The highest BCUT2D eigenvalue weighted by Crippen LogP contribution is 2.25. The molecule has 28 heteroatoms. The summed E-state index contributed by atoms with van der Waals surface area (Å²) in [5, 5.41) is 36.7. The molecule has 1 aliphatic heterocycles. The fourth-order valence-electron chi connectivity index (χ4n) is 8.43. The lowest BCUT2D eigenvalue weighted by Crippen LogP contribution is -2.61. The van der Waals surface area contributed by atoms with Gasteiger partial charge in [0.2, 0.25) is 59.1 Å².